The maximum Gasteiger partial charge on any atom is 0.119 e. The molecule has 1 aliphatic heterocycles. The first kappa shape index (κ1) is 20.6. The molecule has 0 spiro atoms. The van der Waals surface area contributed by atoms with Crippen LogP contribution in [0.5, 0.6) is 5.75 Å². The van der Waals surface area contributed by atoms with Gasteiger partial charge in [-0.1, -0.05) is 6.07 Å². The van der Waals surface area contributed by atoms with Crippen molar-refractivity contribution in [1.29, 1.82) is 0 Å². The summed E-state index contributed by atoms with van der Waals surface area (Å²) in [5, 5.41) is 0. The normalized spacial score (nSPS) is 16.7. The number of rotatable bonds is 9. The molecule has 152 valence electrons. The SMILES string of the molecule is CCOc1ccc(N(Cc2cccnc2)C2CCN(CC[C@@H](C)N)CC2)cc1. The molecule has 5 heteroatoms. The Balaban J connectivity index is 1.70. The van der Waals surface area contributed by atoms with Crippen LogP contribution in [-0.2, 0) is 6.54 Å². The van der Waals surface area contributed by atoms with E-state index in [1.54, 1.807) is 0 Å². The first-order valence-electron chi connectivity index (χ1n) is 10.5. The summed E-state index contributed by atoms with van der Waals surface area (Å²) in [6.07, 6.45) is 7.22. The van der Waals surface area contributed by atoms with Gasteiger partial charge in [0.1, 0.15) is 5.75 Å². The molecule has 5 nitrogen and oxygen atoms in total. The lowest BCUT2D eigenvalue weighted by Gasteiger charge is -2.40. The largest absolute Gasteiger partial charge is 0.494 e. The van der Waals surface area contributed by atoms with Crippen molar-refractivity contribution in [2.45, 2.75) is 51.7 Å². The Morgan fingerprint density at radius 2 is 1.96 bits per heavy atom. The molecule has 1 fully saturated rings. The molecule has 0 aliphatic carbocycles. The Hall–Kier alpha value is -2.11. The number of likely N-dealkylation sites (tertiary alicyclic amines) is 1. The first-order chi connectivity index (χ1) is 13.7. The molecule has 1 aromatic heterocycles. The summed E-state index contributed by atoms with van der Waals surface area (Å²) in [6.45, 7) is 9.06. The fourth-order valence-corrected chi connectivity index (χ4v) is 3.86. The Labute approximate surface area is 169 Å². The molecule has 0 amide bonds. The van der Waals surface area contributed by atoms with Crippen LogP contribution in [0.4, 0.5) is 5.69 Å². The second-order valence-corrected chi connectivity index (χ2v) is 7.75. The van der Waals surface area contributed by atoms with E-state index in [2.05, 4.69) is 52.0 Å². The van der Waals surface area contributed by atoms with Crippen LogP contribution < -0.4 is 15.4 Å². The van der Waals surface area contributed by atoms with Gasteiger partial charge < -0.3 is 20.3 Å². The minimum atomic E-state index is 0.281. The van der Waals surface area contributed by atoms with Crippen molar-refractivity contribution in [1.82, 2.24) is 9.88 Å². The molecule has 28 heavy (non-hydrogen) atoms. The highest BCUT2D eigenvalue weighted by molar-refractivity contribution is 5.50. The topological polar surface area (TPSA) is 54.6 Å². The third-order valence-corrected chi connectivity index (χ3v) is 5.45. The van der Waals surface area contributed by atoms with Crippen molar-refractivity contribution in [2.24, 2.45) is 5.73 Å². The lowest BCUT2D eigenvalue weighted by Crippen LogP contribution is -2.45. The molecule has 0 unspecified atom stereocenters. The van der Waals surface area contributed by atoms with Crippen molar-refractivity contribution < 1.29 is 4.74 Å². The van der Waals surface area contributed by atoms with E-state index in [0.29, 0.717) is 12.6 Å². The molecule has 1 aliphatic rings. The van der Waals surface area contributed by atoms with Crippen LogP contribution >= 0.6 is 0 Å². The zero-order chi connectivity index (χ0) is 19.8. The van der Waals surface area contributed by atoms with Gasteiger partial charge in [0.05, 0.1) is 6.61 Å². The van der Waals surface area contributed by atoms with E-state index in [0.717, 1.165) is 38.3 Å². The van der Waals surface area contributed by atoms with Gasteiger partial charge in [-0.05, 0) is 75.5 Å². The maximum absolute atomic E-state index is 5.93. The molecule has 3 rings (SSSR count). The number of aromatic nitrogens is 1. The van der Waals surface area contributed by atoms with E-state index in [4.69, 9.17) is 10.5 Å². The second kappa shape index (κ2) is 10.4. The Kier molecular flexibility index (Phi) is 7.69. The van der Waals surface area contributed by atoms with Gasteiger partial charge in [-0.15, -0.1) is 0 Å². The highest BCUT2D eigenvalue weighted by Crippen LogP contribution is 2.27. The number of benzene rings is 1. The van der Waals surface area contributed by atoms with Crippen molar-refractivity contribution >= 4 is 5.69 Å². The monoisotopic (exact) mass is 382 g/mol. The molecule has 1 atom stereocenters. The summed E-state index contributed by atoms with van der Waals surface area (Å²) in [6, 6.07) is 13.5. The summed E-state index contributed by atoms with van der Waals surface area (Å²) in [4.78, 5) is 9.39. The van der Waals surface area contributed by atoms with Gasteiger partial charge in [0.25, 0.3) is 0 Å². The van der Waals surface area contributed by atoms with Crippen LogP contribution in [0, 0.1) is 0 Å². The number of hydrogen-bond donors (Lipinski definition) is 1. The summed E-state index contributed by atoms with van der Waals surface area (Å²) >= 11 is 0. The first-order valence-corrected chi connectivity index (χ1v) is 10.5. The zero-order valence-corrected chi connectivity index (χ0v) is 17.3. The minimum Gasteiger partial charge on any atom is -0.494 e. The molecule has 1 saturated heterocycles. The average Bonchev–Trinajstić information content (AvgIpc) is 2.73. The summed E-state index contributed by atoms with van der Waals surface area (Å²) in [5.74, 6) is 0.929. The number of piperidine rings is 1. The highest BCUT2D eigenvalue weighted by Gasteiger charge is 2.25. The molecular weight excluding hydrogens is 348 g/mol. The number of hydrogen-bond acceptors (Lipinski definition) is 5. The zero-order valence-electron chi connectivity index (χ0n) is 17.3. The van der Waals surface area contributed by atoms with E-state index >= 15 is 0 Å². The minimum absolute atomic E-state index is 0.281. The predicted octanol–water partition coefficient (Wildman–Crippen LogP) is 3.69. The van der Waals surface area contributed by atoms with Gasteiger partial charge in [0, 0.05) is 49.8 Å². The summed E-state index contributed by atoms with van der Waals surface area (Å²) < 4.78 is 5.62. The van der Waals surface area contributed by atoms with E-state index in [1.165, 1.54) is 24.1 Å². The van der Waals surface area contributed by atoms with Crippen LogP contribution in [0.1, 0.15) is 38.7 Å². The van der Waals surface area contributed by atoms with Crippen LogP contribution in [0.3, 0.4) is 0 Å². The summed E-state index contributed by atoms with van der Waals surface area (Å²) in [7, 11) is 0. The van der Waals surface area contributed by atoms with Gasteiger partial charge in [-0.3, -0.25) is 4.98 Å². The summed E-state index contributed by atoms with van der Waals surface area (Å²) in [5.41, 5.74) is 8.43. The maximum atomic E-state index is 5.93. The average molecular weight is 383 g/mol. The van der Waals surface area contributed by atoms with E-state index in [-0.39, 0.29) is 6.04 Å². The van der Waals surface area contributed by atoms with Gasteiger partial charge in [0.15, 0.2) is 0 Å². The van der Waals surface area contributed by atoms with Gasteiger partial charge in [-0.25, -0.2) is 0 Å². The molecule has 0 bridgehead atoms. The smallest absolute Gasteiger partial charge is 0.119 e. The van der Waals surface area contributed by atoms with Crippen LogP contribution in [-0.4, -0.2) is 48.2 Å². The van der Waals surface area contributed by atoms with Crippen molar-refractivity contribution in [3.63, 3.8) is 0 Å². The van der Waals surface area contributed by atoms with Crippen molar-refractivity contribution in [2.75, 3.05) is 31.1 Å². The standard InChI is InChI=1S/C23H34N4O/c1-3-28-23-8-6-21(7-9-23)27(18-20-5-4-13-25-17-20)22-11-15-26(16-12-22)14-10-19(2)24/h4-9,13,17,19,22H,3,10-12,14-16,18,24H2,1-2H3/t19-/m1/s1. The molecule has 1 aromatic carbocycles. The molecule has 2 heterocycles. The number of nitrogens with zero attached hydrogens (tertiary/aromatic N) is 3. The second-order valence-electron chi connectivity index (χ2n) is 7.75. The van der Waals surface area contributed by atoms with Crippen LogP contribution in [0.2, 0.25) is 0 Å². The van der Waals surface area contributed by atoms with E-state index in [1.807, 2.05) is 25.4 Å². The fraction of sp³-hybridized carbons (Fsp3) is 0.522. The Morgan fingerprint density at radius 3 is 2.57 bits per heavy atom. The van der Waals surface area contributed by atoms with Gasteiger partial charge >= 0.3 is 0 Å². The third kappa shape index (κ3) is 5.94. The lowest BCUT2D eigenvalue weighted by molar-refractivity contribution is 0.203. The van der Waals surface area contributed by atoms with Gasteiger partial charge in [0.2, 0.25) is 0 Å². The quantitative estimate of drug-likeness (QED) is 0.717. The molecule has 0 radical (unpaired) electrons. The fourth-order valence-electron chi connectivity index (χ4n) is 3.86. The highest BCUT2D eigenvalue weighted by atomic mass is 16.5. The molecule has 2 aromatic rings. The molecular formula is C23H34N4O. The molecule has 2 N–H and O–H groups in total. The van der Waals surface area contributed by atoms with E-state index in [9.17, 15) is 0 Å². The van der Waals surface area contributed by atoms with Gasteiger partial charge in [-0.2, -0.15) is 0 Å². The number of ether oxygens (including phenoxy) is 1. The number of nitrogens with two attached hydrogens (primary N) is 1. The van der Waals surface area contributed by atoms with Crippen molar-refractivity contribution in [3.8, 4) is 5.75 Å². The number of pyridine rings is 1. The van der Waals surface area contributed by atoms with E-state index < -0.39 is 0 Å². The third-order valence-electron chi connectivity index (χ3n) is 5.45. The van der Waals surface area contributed by atoms with Crippen molar-refractivity contribution in [3.05, 3.63) is 54.4 Å². The van der Waals surface area contributed by atoms with Crippen LogP contribution in [0.15, 0.2) is 48.8 Å². The number of anilines is 1. The van der Waals surface area contributed by atoms with Crippen LogP contribution in [0.25, 0.3) is 0 Å². The predicted molar refractivity (Wildman–Crippen MR) is 116 cm³/mol. The lowest BCUT2D eigenvalue weighted by atomic mass is 10.0. The molecule has 0 saturated carbocycles. The Morgan fingerprint density at radius 1 is 1.21 bits per heavy atom. The Bertz CT molecular complexity index is 682.